The molecule has 0 N–H and O–H groups in total. The average Bonchev–Trinajstić information content (AvgIpc) is 3.11. The quantitative estimate of drug-likeness (QED) is 0.715. The molecule has 7 nitrogen and oxygen atoms in total. The van der Waals surface area contributed by atoms with Gasteiger partial charge in [-0.1, -0.05) is 6.42 Å². The molecular formula is C21H28N2O5S. The molecule has 1 saturated heterocycles. The first-order valence-corrected chi connectivity index (χ1v) is 11.2. The predicted octanol–water partition coefficient (Wildman–Crippen LogP) is 3.43. The van der Waals surface area contributed by atoms with Crippen molar-refractivity contribution in [3.8, 4) is 5.75 Å². The van der Waals surface area contributed by atoms with Crippen LogP contribution in [0.3, 0.4) is 0 Å². The van der Waals surface area contributed by atoms with Crippen molar-refractivity contribution in [1.82, 2.24) is 9.21 Å². The molecule has 0 aliphatic carbocycles. The van der Waals surface area contributed by atoms with Crippen LogP contribution >= 0.6 is 0 Å². The van der Waals surface area contributed by atoms with E-state index in [9.17, 15) is 13.2 Å². The number of hydrogen-bond donors (Lipinski definition) is 0. The number of piperidine rings is 1. The van der Waals surface area contributed by atoms with Crippen molar-refractivity contribution < 1.29 is 22.4 Å². The minimum atomic E-state index is -3.77. The van der Waals surface area contributed by atoms with Crippen molar-refractivity contribution in [2.45, 2.75) is 50.6 Å². The van der Waals surface area contributed by atoms with Crippen LogP contribution < -0.4 is 4.74 Å². The number of nitrogens with zero attached hydrogens (tertiary/aromatic N) is 2. The third-order valence-electron chi connectivity index (χ3n) is 5.27. The summed E-state index contributed by atoms with van der Waals surface area (Å²) in [4.78, 5) is 14.4. The SMILES string of the molecule is COc1ccc(C(=O)N(C)Cc2ccc(C)o2)cc1S(=O)(=O)N1CCCCC1C. The highest BCUT2D eigenvalue weighted by Gasteiger charge is 2.33. The lowest BCUT2D eigenvalue weighted by atomic mass is 10.1. The van der Waals surface area contributed by atoms with Gasteiger partial charge in [0.1, 0.15) is 22.2 Å². The van der Waals surface area contributed by atoms with Gasteiger partial charge in [-0.05, 0) is 57.0 Å². The Morgan fingerprint density at radius 1 is 1.28 bits per heavy atom. The molecule has 0 spiro atoms. The van der Waals surface area contributed by atoms with Gasteiger partial charge in [0.25, 0.3) is 5.91 Å². The summed E-state index contributed by atoms with van der Waals surface area (Å²) >= 11 is 0. The third-order valence-corrected chi connectivity index (χ3v) is 7.31. The van der Waals surface area contributed by atoms with Crippen molar-refractivity contribution in [3.63, 3.8) is 0 Å². The first kappa shape index (κ1) is 21.4. The first-order valence-electron chi connectivity index (χ1n) is 9.74. The van der Waals surface area contributed by atoms with Gasteiger partial charge in [-0.15, -0.1) is 0 Å². The minimum absolute atomic E-state index is 0.0295. The monoisotopic (exact) mass is 420 g/mol. The highest BCUT2D eigenvalue weighted by atomic mass is 32.2. The molecule has 1 unspecified atom stereocenters. The first-order chi connectivity index (χ1) is 13.7. The van der Waals surface area contributed by atoms with E-state index in [1.165, 1.54) is 22.4 Å². The Bertz CT molecular complexity index is 983. The molecule has 1 aliphatic heterocycles. The van der Waals surface area contributed by atoms with Gasteiger partial charge in [0, 0.05) is 25.2 Å². The molecule has 1 aromatic carbocycles. The lowest BCUT2D eigenvalue weighted by molar-refractivity contribution is 0.0774. The summed E-state index contributed by atoms with van der Waals surface area (Å²) in [6, 6.07) is 8.12. The summed E-state index contributed by atoms with van der Waals surface area (Å²) in [6.45, 7) is 4.53. The molecular weight excluding hydrogens is 392 g/mol. The number of sulfonamides is 1. The van der Waals surface area contributed by atoms with E-state index in [1.807, 2.05) is 26.0 Å². The number of benzene rings is 1. The lowest BCUT2D eigenvalue weighted by Gasteiger charge is -2.32. The zero-order valence-corrected chi connectivity index (χ0v) is 18.2. The van der Waals surface area contributed by atoms with Crippen LogP contribution in [0.1, 0.15) is 48.1 Å². The van der Waals surface area contributed by atoms with Gasteiger partial charge in [-0.3, -0.25) is 4.79 Å². The largest absolute Gasteiger partial charge is 0.495 e. The fraction of sp³-hybridized carbons (Fsp3) is 0.476. The molecule has 158 valence electrons. The zero-order valence-electron chi connectivity index (χ0n) is 17.3. The Morgan fingerprint density at radius 3 is 2.66 bits per heavy atom. The molecule has 1 atom stereocenters. The number of carbonyl (C=O) groups excluding carboxylic acids is 1. The van der Waals surface area contributed by atoms with Gasteiger partial charge < -0.3 is 14.1 Å². The van der Waals surface area contributed by atoms with Gasteiger partial charge in [-0.2, -0.15) is 4.31 Å². The second-order valence-corrected chi connectivity index (χ2v) is 9.36. The molecule has 1 fully saturated rings. The van der Waals surface area contributed by atoms with E-state index in [2.05, 4.69) is 0 Å². The third kappa shape index (κ3) is 4.48. The highest BCUT2D eigenvalue weighted by molar-refractivity contribution is 7.89. The maximum atomic E-state index is 13.3. The fourth-order valence-electron chi connectivity index (χ4n) is 3.66. The average molecular weight is 421 g/mol. The van der Waals surface area contributed by atoms with Crippen molar-refractivity contribution in [1.29, 1.82) is 0 Å². The zero-order chi connectivity index (χ0) is 21.2. The smallest absolute Gasteiger partial charge is 0.254 e. The number of ether oxygens (including phenoxy) is 1. The van der Waals surface area contributed by atoms with Crippen LogP contribution in [-0.2, 0) is 16.6 Å². The van der Waals surface area contributed by atoms with E-state index in [-0.39, 0.29) is 22.6 Å². The predicted molar refractivity (Wildman–Crippen MR) is 109 cm³/mol. The number of methoxy groups -OCH3 is 1. The number of furan rings is 1. The van der Waals surface area contributed by atoms with Gasteiger partial charge in [0.05, 0.1) is 13.7 Å². The molecule has 0 bridgehead atoms. The van der Waals surface area contributed by atoms with E-state index in [1.54, 1.807) is 19.2 Å². The molecule has 1 aromatic heterocycles. The highest BCUT2D eigenvalue weighted by Crippen LogP contribution is 2.32. The number of aryl methyl sites for hydroxylation is 1. The normalized spacial score (nSPS) is 17.9. The van der Waals surface area contributed by atoms with Crippen LogP contribution in [-0.4, -0.2) is 50.3 Å². The van der Waals surface area contributed by atoms with Crippen LogP contribution in [0.2, 0.25) is 0 Å². The second kappa shape index (κ2) is 8.59. The number of hydrogen-bond acceptors (Lipinski definition) is 5. The van der Waals surface area contributed by atoms with Crippen molar-refractivity contribution in [2.75, 3.05) is 20.7 Å². The molecule has 1 aliphatic rings. The molecule has 0 radical (unpaired) electrons. The molecule has 3 rings (SSSR count). The molecule has 2 aromatic rings. The van der Waals surface area contributed by atoms with E-state index >= 15 is 0 Å². The summed E-state index contributed by atoms with van der Waals surface area (Å²) in [7, 11) is -0.683. The van der Waals surface area contributed by atoms with Crippen LogP contribution in [0.5, 0.6) is 5.75 Å². The maximum absolute atomic E-state index is 13.3. The number of amides is 1. The summed E-state index contributed by atoms with van der Waals surface area (Å²) in [6.07, 6.45) is 2.67. The van der Waals surface area contributed by atoms with Crippen LogP contribution in [0.4, 0.5) is 0 Å². The van der Waals surface area contributed by atoms with Crippen molar-refractivity contribution >= 4 is 15.9 Å². The molecule has 8 heteroatoms. The Kier molecular flexibility index (Phi) is 6.33. The Hall–Kier alpha value is -2.32. The fourth-order valence-corrected chi connectivity index (χ4v) is 5.55. The second-order valence-electron chi connectivity index (χ2n) is 7.50. The lowest BCUT2D eigenvalue weighted by Crippen LogP contribution is -2.42. The summed E-state index contributed by atoms with van der Waals surface area (Å²) in [5, 5.41) is 0. The molecule has 2 heterocycles. The Morgan fingerprint density at radius 2 is 2.03 bits per heavy atom. The van der Waals surface area contributed by atoms with Gasteiger partial charge in [-0.25, -0.2) is 8.42 Å². The van der Waals surface area contributed by atoms with Crippen molar-refractivity contribution in [2.24, 2.45) is 0 Å². The Labute approximate surface area is 172 Å². The summed E-state index contributed by atoms with van der Waals surface area (Å²) in [5.74, 6) is 1.39. The summed E-state index contributed by atoms with van der Waals surface area (Å²) in [5.41, 5.74) is 0.291. The van der Waals surface area contributed by atoms with Gasteiger partial charge in [0.2, 0.25) is 10.0 Å². The number of rotatable bonds is 6. The van der Waals surface area contributed by atoms with Crippen molar-refractivity contribution in [3.05, 3.63) is 47.4 Å². The maximum Gasteiger partial charge on any atom is 0.254 e. The Balaban J connectivity index is 1.91. The van der Waals surface area contributed by atoms with E-state index < -0.39 is 10.0 Å². The standard InChI is InChI=1S/C21H28N2O5S/c1-15-7-5-6-12-23(15)29(25,26)20-13-17(9-11-19(20)27-4)21(24)22(3)14-18-10-8-16(2)28-18/h8-11,13,15H,5-7,12,14H2,1-4H3. The van der Waals surface area contributed by atoms with Gasteiger partial charge >= 0.3 is 0 Å². The van der Waals surface area contributed by atoms with Gasteiger partial charge in [0.15, 0.2) is 0 Å². The topological polar surface area (TPSA) is 80.1 Å². The van der Waals surface area contributed by atoms with E-state index in [4.69, 9.17) is 9.15 Å². The van der Waals surface area contributed by atoms with Crippen LogP contribution in [0.25, 0.3) is 0 Å². The number of carbonyl (C=O) groups is 1. The van der Waals surface area contributed by atoms with Crippen LogP contribution in [0.15, 0.2) is 39.6 Å². The summed E-state index contributed by atoms with van der Waals surface area (Å²) < 4.78 is 39.0. The molecule has 29 heavy (non-hydrogen) atoms. The van der Waals surface area contributed by atoms with Crippen LogP contribution in [0, 0.1) is 6.92 Å². The molecule has 1 amide bonds. The minimum Gasteiger partial charge on any atom is -0.495 e. The van der Waals surface area contributed by atoms with E-state index in [0.29, 0.717) is 24.4 Å². The van der Waals surface area contributed by atoms with E-state index in [0.717, 1.165) is 25.0 Å². The molecule has 0 saturated carbocycles.